The van der Waals surface area contributed by atoms with Gasteiger partial charge in [0.15, 0.2) is 11.6 Å². The molecule has 1 aliphatic heterocycles. The summed E-state index contributed by atoms with van der Waals surface area (Å²) >= 11 is 0. The Morgan fingerprint density at radius 3 is 1.00 bits per heavy atom. The number of hydrogen-bond donors (Lipinski definition) is 0. The van der Waals surface area contributed by atoms with Gasteiger partial charge in [0.2, 0.25) is 11.6 Å². The molecule has 3 aromatic carbocycles. The van der Waals surface area contributed by atoms with Crippen LogP contribution >= 0.6 is 7.81 Å². The molecule has 4 heterocycles. The van der Waals surface area contributed by atoms with E-state index in [2.05, 4.69) is 144 Å². The Kier molecular flexibility index (Phi) is 8.11. The van der Waals surface area contributed by atoms with Crippen molar-refractivity contribution in [3.63, 3.8) is 0 Å². The fourth-order valence-electron chi connectivity index (χ4n) is 5.28. The number of anilines is 9. The Labute approximate surface area is 279 Å². The van der Waals surface area contributed by atoms with Crippen molar-refractivity contribution in [2.24, 2.45) is 0 Å². The number of aromatic amines is 1. The molecule has 252 valence electrons. The number of rotatable bonds is 3. The number of pyridine rings is 3. The zero-order chi connectivity index (χ0) is 35.0. The van der Waals surface area contributed by atoms with Crippen LogP contribution < -0.4 is 19.7 Å². The molecule has 6 bridgehead atoms. The van der Waals surface area contributed by atoms with Gasteiger partial charge in [0.25, 0.3) is 0 Å². The van der Waals surface area contributed by atoms with Crippen molar-refractivity contribution in [3.05, 3.63) is 144 Å². The van der Waals surface area contributed by atoms with E-state index in [1.54, 1.807) is 0 Å². The molecule has 6 nitrogen and oxygen atoms in total. The fourth-order valence-corrected chi connectivity index (χ4v) is 5.28. The molecule has 3 aromatic heterocycles. The summed E-state index contributed by atoms with van der Waals surface area (Å²) in [6, 6.07) is 44.0. The van der Waals surface area contributed by atoms with Crippen molar-refractivity contribution >= 4 is 59.8 Å². The third-order valence-corrected chi connectivity index (χ3v) is 7.48. The van der Waals surface area contributed by atoms with Crippen LogP contribution in [0.1, 0.15) is 16.7 Å². The molecule has 7 rings (SSSR count). The molecule has 0 fully saturated rings. The number of halogens is 6. The van der Waals surface area contributed by atoms with E-state index >= 15 is 0 Å². The van der Waals surface area contributed by atoms with Crippen molar-refractivity contribution in [2.45, 2.75) is 20.8 Å². The first kappa shape index (κ1) is 33.4. The molecular formula is C36H31F6N6P. The number of nitrogens with zero attached hydrogens (tertiary/aromatic N) is 5. The summed E-state index contributed by atoms with van der Waals surface area (Å²) in [7, 11) is -10.7. The summed E-state index contributed by atoms with van der Waals surface area (Å²) in [5.74, 6) is 4.91. The summed E-state index contributed by atoms with van der Waals surface area (Å²) < 4.78 is 59.2. The Bertz CT molecular complexity index is 1820. The average Bonchev–Trinajstić information content (AvgIpc) is 3.03. The van der Waals surface area contributed by atoms with E-state index in [9.17, 15) is 25.2 Å². The number of fused-ring (bicyclic) bond motifs is 6. The van der Waals surface area contributed by atoms with E-state index in [0.717, 1.165) is 52.0 Å². The Balaban J connectivity index is 0.000000540. The van der Waals surface area contributed by atoms with Gasteiger partial charge in [0, 0.05) is 17.8 Å². The third-order valence-electron chi connectivity index (χ3n) is 7.48. The normalized spacial score (nSPS) is 14.0. The molecule has 0 unspecified atom stereocenters. The summed E-state index contributed by atoms with van der Waals surface area (Å²) in [5, 5.41) is 0. The van der Waals surface area contributed by atoms with Gasteiger partial charge in [-0.25, -0.2) is 14.8 Å². The van der Waals surface area contributed by atoms with Crippen LogP contribution in [0.3, 0.4) is 0 Å². The van der Waals surface area contributed by atoms with Crippen LogP contribution in [0.5, 0.6) is 0 Å². The monoisotopic (exact) mass is 692 g/mol. The van der Waals surface area contributed by atoms with Crippen molar-refractivity contribution in [3.8, 4) is 0 Å². The van der Waals surface area contributed by atoms with Crippen molar-refractivity contribution in [1.82, 2.24) is 9.97 Å². The molecule has 6 aromatic rings. The van der Waals surface area contributed by atoms with Crippen LogP contribution in [0, 0.1) is 20.8 Å². The molecule has 1 N–H and O–H groups in total. The topological polar surface area (TPSA) is 49.6 Å². The van der Waals surface area contributed by atoms with Crippen molar-refractivity contribution < 1.29 is 30.2 Å². The Morgan fingerprint density at radius 1 is 0.408 bits per heavy atom. The van der Waals surface area contributed by atoms with Gasteiger partial charge in [-0.2, -0.15) is 9.97 Å². The predicted molar refractivity (Wildman–Crippen MR) is 184 cm³/mol. The third kappa shape index (κ3) is 8.52. The molecule has 0 saturated carbocycles. The van der Waals surface area contributed by atoms with Gasteiger partial charge in [0.1, 0.15) is 23.0 Å². The first-order chi connectivity index (χ1) is 23.0. The first-order valence-corrected chi connectivity index (χ1v) is 17.1. The molecule has 1 aliphatic rings. The number of aryl methyl sites for hydroxylation is 3. The maximum atomic E-state index is 9.87. The van der Waals surface area contributed by atoms with Crippen LogP contribution in [0.15, 0.2) is 127 Å². The van der Waals surface area contributed by atoms with Gasteiger partial charge in [-0.1, -0.05) is 65.2 Å². The minimum atomic E-state index is -10.7. The number of benzene rings is 3. The van der Waals surface area contributed by atoms with Crippen LogP contribution in [-0.4, -0.2) is 9.97 Å². The van der Waals surface area contributed by atoms with Gasteiger partial charge in [-0.15, -0.1) is 0 Å². The molecule has 13 heteroatoms. The van der Waals surface area contributed by atoms with Gasteiger partial charge < -0.3 is 0 Å². The summed E-state index contributed by atoms with van der Waals surface area (Å²) in [5.41, 5.74) is 6.61. The second-order valence-corrected chi connectivity index (χ2v) is 13.5. The van der Waals surface area contributed by atoms with Gasteiger partial charge in [0.05, 0.1) is 0 Å². The Hall–Kier alpha value is -5.48. The van der Waals surface area contributed by atoms with E-state index in [1.807, 2.05) is 24.3 Å². The number of H-pyrrole nitrogens is 1. The maximum absolute atomic E-state index is 10.7. The number of hydrogen-bond acceptors (Lipinski definition) is 5. The van der Waals surface area contributed by atoms with Crippen LogP contribution in [0.4, 0.5) is 77.2 Å². The molecule has 0 atom stereocenters. The standard InChI is InChI=1S/C36H30N6.F6P/c1-25-13-19-28(20-14-25)40-31-7-4-9-33(37-31)41(29-21-15-26(2)16-22-29)35-11-6-12-36(39-35)42(30-23-17-27(3)18-24-30)34-10-5-8-32(40)38-34;1-7(2,3,4,5)6/h4-24H,1-3H3;/q;-1/p+1. The molecule has 0 spiro atoms. The second-order valence-electron chi connectivity index (χ2n) is 11.6. The summed E-state index contributed by atoms with van der Waals surface area (Å²) in [6.45, 7) is 6.30. The van der Waals surface area contributed by atoms with Crippen LogP contribution in [-0.2, 0) is 0 Å². The molecule has 49 heavy (non-hydrogen) atoms. The average molecular weight is 693 g/mol. The molecule has 0 radical (unpaired) electrons. The summed E-state index contributed by atoms with van der Waals surface area (Å²) in [6.07, 6.45) is 0. The second kappa shape index (κ2) is 11.9. The molecule has 0 saturated heterocycles. The molecule has 0 aliphatic carbocycles. The first-order valence-electron chi connectivity index (χ1n) is 15.1. The number of aromatic nitrogens is 3. The van der Waals surface area contributed by atoms with E-state index < -0.39 is 7.81 Å². The molecule has 0 amide bonds. The van der Waals surface area contributed by atoms with Gasteiger partial charge >= 0.3 is 33.0 Å². The van der Waals surface area contributed by atoms with Crippen molar-refractivity contribution in [1.29, 1.82) is 0 Å². The Morgan fingerprint density at radius 2 is 0.673 bits per heavy atom. The number of nitrogens with one attached hydrogen (secondary N) is 1. The quantitative estimate of drug-likeness (QED) is 0.136. The predicted octanol–water partition coefficient (Wildman–Crippen LogP) is 12.3. The zero-order valence-corrected chi connectivity index (χ0v) is 27.5. The molecular weight excluding hydrogens is 661 g/mol. The van der Waals surface area contributed by atoms with E-state index in [1.165, 1.54) is 16.7 Å². The fraction of sp³-hybridized carbons (Fsp3) is 0.0833. The summed E-state index contributed by atoms with van der Waals surface area (Å²) in [4.78, 5) is 20.6. The SMILES string of the molecule is Cc1ccc(N2c3cccc(n3)N(c3ccc(C)cc3)c3cccc([nH+]3)N(c3ccc(C)cc3)c3cccc2n3)cc1.F[P-](F)(F)(F)(F)F. The van der Waals surface area contributed by atoms with Crippen molar-refractivity contribution in [2.75, 3.05) is 14.7 Å². The van der Waals surface area contributed by atoms with Crippen LogP contribution in [0.25, 0.3) is 0 Å². The minimum absolute atomic E-state index is 0.775. The van der Waals surface area contributed by atoms with Gasteiger partial charge in [-0.3, -0.25) is 4.90 Å². The van der Waals surface area contributed by atoms with E-state index in [0.29, 0.717) is 0 Å². The van der Waals surface area contributed by atoms with Gasteiger partial charge in [-0.05, 0) is 87.5 Å². The van der Waals surface area contributed by atoms with Crippen LogP contribution in [0.2, 0.25) is 0 Å². The zero-order valence-electron chi connectivity index (χ0n) is 26.6. The van der Waals surface area contributed by atoms with E-state index in [4.69, 9.17) is 9.97 Å². The van der Waals surface area contributed by atoms with E-state index in [-0.39, 0.29) is 0 Å².